The third-order valence-corrected chi connectivity index (χ3v) is 4.66. The van der Waals surface area contributed by atoms with Crippen LogP contribution in [0.5, 0.6) is 0 Å². The lowest BCUT2D eigenvalue weighted by atomic mass is 10.0. The first-order valence-electron chi connectivity index (χ1n) is 8.84. The van der Waals surface area contributed by atoms with E-state index in [1.165, 1.54) is 12.8 Å². The highest BCUT2D eigenvalue weighted by molar-refractivity contribution is 5.97. The Kier molecular flexibility index (Phi) is 5.66. The van der Waals surface area contributed by atoms with Crippen molar-refractivity contribution in [2.75, 3.05) is 18.5 Å². The normalized spacial score (nSPS) is 14.8. The number of carbonyl (C=O) groups excluding carboxylic acids is 1. The van der Waals surface area contributed by atoms with Crippen LogP contribution in [-0.4, -0.2) is 35.2 Å². The molecule has 0 aliphatic heterocycles. The Labute approximate surface area is 148 Å². The summed E-state index contributed by atoms with van der Waals surface area (Å²) in [5, 5.41) is 15.2. The molecule has 0 spiro atoms. The Morgan fingerprint density at radius 1 is 1.28 bits per heavy atom. The van der Waals surface area contributed by atoms with E-state index in [0.717, 1.165) is 23.4 Å². The first kappa shape index (κ1) is 17.4. The molecule has 1 amide bonds. The number of hydrogen-bond acceptors (Lipinski definition) is 4. The fraction of sp³-hybridized carbons (Fsp3) is 0.400. The quantitative estimate of drug-likeness (QED) is 0.691. The summed E-state index contributed by atoms with van der Waals surface area (Å²) in [6, 6.07) is 12.1. The third kappa shape index (κ3) is 4.57. The van der Waals surface area contributed by atoms with Crippen molar-refractivity contribution in [2.45, 2.75) is 32.2 Å². The summed E-state index contributed by atoms with van der Waals surface area (Å²) in [5.41, 5.74) is 3.65. The van der Waals surface area contributed by atoms with Gasteiger partial charge in [0.05, 0.1) is 6.61 Å². The van der Waals surface area contributed by atoms with Crippen LogP contribution in [0.4, 0.5) is 5.69 Å². The topological polar surface area (TPSA) is 74.2 Å². The zero-order chi connectivity index (χ0) is 17.6. The number of amides is 1. The van der Waals surface area contributed by atoms with Crippen molar-refractivity contribution in [2.24, 2.45) is 5.92 Å². The van der Waals surface area contributed by atoms with Gasteiger partial charge >= 0.3 is 0 Å². The van der Waals surface area contributed by atoms with Gasteiger partial charge in [0.25, 0.3) is 5.91 Å². The van der Waals surface area contributed by atoms with Crippen LogP contribution in [-0.2, 0) is 6.42 Å². The van der Waals surface area contributed by atoms with E-state index in [1.807, 2.05) is 43.5 Å². The van der Waals surface area contributed by atoms with Crippen molar-refractivity contribution < 1.29 is 9.90 Å². The minimum Gasteiger partial charge on any atom is -0.395 e. The largest absolute Gasteiger partial charge is 0.395 e. The van der Waals surface area contributed by atoms with E-state index in [0.29, 0.717) is 17.5 Å². The molecule has 1 saturated carbocycles. The number of carbonyl (C=O) groups is 1. The summed E-state index contributed by atoms with van der Waals surface area (Å²) < 4.78 is 0. The van der Waals surface area contributed by atoms with Crippen molar-refractivity contribution in [3.8, 4) is 0 Å². The number of nitrogens with one attached hydrogen (secondary N) is 2. The number of aliphatic hydroxyl groups is 1. The lowest BCUT2D eigenvalue weighted by Crippen LogP contribution is -2.28. The first-order valence-corrected chi connectivity index (χ1v) is 8.84. The Bertz CT molecular complexity index is 714. The molecule has 3 rings (SSSR count). The highest BCUT2D eigenvalue weighted by atomic mass is 16.3. The summed E-state index contributed by atoms with van der Waals surface area (Å²) in [4.78, 5) is 16.7. The van der Waals surface area contributed by atoms with Gasteiger partial charge in [-0.15, -0.1) is 0 Å². The number of nitrogens with zero attached hydrogens (tertiary/aromatic N) is 1. The van der Waals surface area contributed by atoms with Gasteiger partial charge in [-0.2, -0.15) is 0 Å². The fourth-order valence-corrected chi connectivity index (χ4v) is 3.08. The summed E-state index contributed by atoms with van der Waals surface area (Å²) in [6.45, 7) is 2.16. The van der Waals surface area contributed by atoms with Gasteiger partial charge in [-0.25, -0.2) is 0 Å². The van der Waals surface area contributed by atoms with E-state index >= 15 is 0 Å². The van der Waals surface area contributed by atoms with Crippen molar-refractivity contribution in [1.82, 2.24) is 10.3 Å². The predicted octanol–water partition coefficient (Wildman–Crippen LogP) is 2.55. The SMILES string of the molecule is Cc1c(NC(Cc2ccccn2)C2CC2)cccc1C(=O)NCCO. The molecular weight excluding hydrogens is 314 g/mol. The van der Waals surface area contributed by atoms with Crippen LogP contribution in [0.1, 0.15) is 34.5 Å². The fourth-order valence-electron chi connectivity index (χ4n) is 3.08. The number of rotatable bonds is 8. The van der Waals surface area contributed by atoms with E-state index < -0.39 is 0 Å². The van der Waals surface area contributed by atoms with Crippen LogP contribution in [0.3, 0.4) is 0 Å². The summed E-state index contributed by atoms with van der Waals surface area (Å²) >= 11 is 0. The van der Waals surface area contributed by atoms with Crippen LogP contribution < -0.4 is 10.6 Å². The van der Waals surface area contributed by atoms with Crippen molar-refractivity contribution >= 4 is 11.6 Å². The molecule has 2 aromatic rings. The molecule has 3 N–H and O–H groups in total. The van der Waals surface area contributed by atoms with Gasteiger partial charge in [-0.1, -0.05) is 12.1 Å². The lowest BCUT2D eigenvalue weighted by Gasteiger charge is -2.22. The third-order valence-electron chi connectivity index (χ3n) is 4.66. The summed E-state index contributed by atoms with van der Waals surface area (Å²) in [6.07, 6.45) is 5.18. The molecule has 1 atom stereocenters. The maximum Gasteiger partial charge on any atom is 0.251 e. The van der Waals surface area contributed by atoms with Crippen LogP contribution in [0.25, 0.3) is 0 Å². The Morgan fingerprint density at radius 2 is 2.12 bits per heavy atom. The molecule has 5 heteroatoms. The zero-order valence-electron chi connectivity index (χ0n) is 14.5. The molecule has 1 aromatic heterocycles. The second-order valence-electron chi connectivity index (χ2n) is 6.57. The Hall–Kier alpha value is -2.40. The van der Waals surface area contributed by atoms with Gasteiger partial charge in [-0.3, -0.25) is 9.78 Å². The van der Waals surface area contributed by atoms with Gasteiger partial charge in [-0.05, 0) is 55.5 Å². The molecule has 0 radical (unpaired) electrons. The smallest absolute Gasteiger partial charge is 0.251 e. The van der Waals surface area contributed by atoms with Gasteiger partial charge in [0.2, 0.25) is 0 Å². The molecular formula is C20H25N3O2. The monoisotopic (exact) mass is 339 g/mol. The van der Waals surface area contributed by atoms with Crippen LogP contribution in [0, 0.1) is 12.8 Å². The van der Waals surface area contributed by atoms with Crippen LogP contribution in [0.15, 0.2) is 42.6 Å². The summed E-state index contributed by atoms with van der Waals surface area (Å²) in [5.74, 6) is 0.510. The van der Waals surface area contributed by atoms with Gasteiger partial charge in [0, 0.05) is 42.1 Å². The molecule has 1 aromatic carbocycles. The Balaban J connectivity index is 1.75. The van der Waals surface area contributed by atoms with Crippen molar-refractivity contribution in [1.29, 1.82) is 0 Å². The number of anilines is 1. The highest BCUT2D eigenvalue weighted by Crippen LogP contribution is 2.36. The average molecular weight is 339 g/mol. The number of benzene rings is 1. The molecule has 0 saturated heterocycles. The van der Waals surface area contributed by atoms with E-state index in [2.05, 4.69) is 21.7 Å². The van der Waals surface area contributed by atoms with E-state index in [1.54, 1.807) is 0 Å². The predicted molar refractivity (Wildman–Crippen MR) is 98.7 cm³/mol. The summed E-state index contributed by atoms with van der Waals surface area (Å²) in [7, 11) is 0. The van der Waals surface area contributed by atoms with Gasteiger partial charge < -0.3 is 15.7 Å². The lowest BCUT2D eigenvalue weighted by molar-refractivity contribution is 0.0944. The van der Waals surface area contributed by atoms with E-state index in [9.17, 15) is 4.79 Å². The molecule has 1 fully saturated rings. The average Bonchev–Trinajstić information content (AvgIpc) is 3.47. The van der Waals surface area contributed by atoms with Crippen molar-refractivity contribution in [3.63, 3.8) is 0 Å². The second kappa shape index (κ2) is 8.12. The molecule has 25 heavy (non-hydrogen) atoms. The highest BCUT2D eigenvalue weighted by Gasteiger charge is 2.32. The van der Waals surface area contributed by atoms with E-state index in [4.69, 9.17) is 5.11 Å². The number of hydrogen-bond donors (Lipinski definition) is 3. The number of aromatic nitrogens is 1. The zero-order valence-corrected chi connectivity index (χ0v) is 14.5. The molecule has 5 nitrogen and oxygen atoms in total. The number of pyridine rings is 1. The van der Waals surface area contributed by atoms with Crippen LogP contribution in [0.2, 0.25) is 0 Å². The van der Waals surface area contributed by atoms with Crippen molar-refractivity contribution in [3.05, 3.63) is 59.4 Å². The standard InChI is InChI=1S/C20H25N3O2/c1-14-17(20(25)22-11-12-24)6-4-7-18(14)23-19(15-8-9-15)13-16-5-2-3-10-21-16/h2-7,10,15,19,23-24H,8-9,11-13H2,1H3,(H,22,25). The molecule has 1 heterocycles. The molecule has 0 bridgehead atoms. The van der Waals surface area contributed by atoms with E-state index in [-0.39, 0.29) is 19.1 Å². The first-order chi connectivity index (χ1) is 12.2. The Morgan fingerprint density at radius 3 is 2.80 bits per heavy atom. The second-order valence-corrected chi connectivity index (χ2v) is 6.57. The molecule has 132 valence electrons. The maximum absolute atomic E-state index is 12.2. The van der Waals surface area contributed by atoms with Gasteiger partial charge in [0.1, 0.15) is 0 Å². The minimum absolute atomic E-state index is 0.0590. The van der Waals surface area contributed by atoms with Gasteiger partial charge in [0.15, 0.2) is 0 Å². The molecule has 1 aliphatic carbocycles. The van der Waals surface area contributed by atoms with Crippen LogP contribution >= 0.6 is 0 Å². The molecule has 1 aliphatic rings. The molecule has 1 unspecified atom stereocenters. The maximum atomic E-state index is 12.2. The number of aliphatic hydroxyl groups excluding tert-OH is 1. The minimum atomic E-state index is -0.150.